The second-order valence-corrected chi connectivity index (χ2v) is 10.5. The number of ether oxygens (including phenoxy) is 1. The van der Waals surface area contributed by atoms with E-state index in [0.29, 0.717) is 29.0 Å². The lowest BCUT2D eigenvalue weighted by molar-refractivity contribution is -0.137. The molecule has 7 nitrogen and oxygen atoms in total. The highest BCUT2D eigenvalue weighted by Crippen LogP contribution is 2.43. The molecule has 1 aromatic carbocycles. The predicted molar refractivity (Wildman–Crippen MR) is 117 cm³/mol. The van der Waals surface area contributed by atoms with E-state index in [1.165, 1.54) is 0 Å². The number of nitrogens with zero attached hydrogens (tertiary/aromatic N) is 3. The molecule has 0 aromatic heterocycles. The lowest BCUT2D eigenvalue weighted by Gasteiger charge is -2.63. The molecule has 4 aliphatic heterocycles. The molecule has 2 N–H and O–H groups in total. The van der Waals surface area contributed by atoms with Crippen LogP contribution in [0.25, 0.3) is 0 Å². The summed E-state index contributed by atoms with van der Waals surface area (Å²) in [7, 11) is 0. The van der Waals surface area contributed by atoms with Crippen molar-refractivity contribution in [2.45, 2.75) is 49.9 Å². The van der Waals surface area contributed by atoms with E-state index >= 15 is 0 Å². The zero-order valence-electron chi connectivity index (χ0n) is 18.2. The van der Waals surface area contributed by atoms with E-state index in [2.05, 4.69) is 26.5 Å². The molecule has 5 aliphatic rings. The number of amides is 1. The first kappa shape index (κ1) is 20.4. The summed E-state index contributed by atoms with van der Waals surface area (Å²) in [6.45, 7) is 5.86. The number of anilines is 1. The van der Waals surface area contributed by atoms with E-state index in [1.807, 2.05) is 6.07 Å². The summed E-state index contributed by atoms with van der Waals surface area (Å²) in [4.78, 5) is 17.3. The number of carbonyl (C=O) groups excluding carboxylic acids is 1. The third-order valence-corrected chi connectivity index (χ3v) is 8.21. The highest BCUT2D eigenvalue weighted by Gasteiger charge is 2.54. The molecule has 4 heterocycles. The van der Waals surface area contributed by atoms with Crippen molar-refractivity contribution < 1.29 is 13.9 Å². The Morgan fingerprint density at radius 2 is 2.12 bits per heavy atom. The summed E-state index contributed by atoms with van der Waals surface area (Å²) < 4.78 is 20.1. The smallest absolute Gasteiger partial charge is 0.238 e. The van der Waals surface area contributed by atoms with Gasteiger partial charge in [-0.3, -0.25) is 9.69 Å². The molecule has 0 radical (unpaired) electrons. The van der Waals surface area contributed by atoms with Gasteiger partial charge >= 0.3 is 0 Å². The number of rotatable bonds is 6. The summed E-state index contributed by atoms with van der Waals surface area (Å²) in [5.74, 6) is -0.0764. The molecule has 2 bridgehead atoms. The third kappa shape index (κ3) is 3.47. The van der Waals surface area contributed by atoms with Crippen LogP contribution in [0.1, 0.15) is 24.8 Å². The highest BCUT2D eigenvalue weighted by atomic mass is 19.1. The van der Waals surface area contributed by atoms with Crippen molar-refractivity contribution in [3.05, 3.63) is 29.6 Å². The van der Waals surface area contributed by atoms with Gasteiger partial charge in [-0.1, -0.05) is 6.07 Å². The third-order valence-electron chi connectivity index (χ3n) is 8.21. The van der Waals surface area contributed by atoms with Gasteiger partial charge in [0, 0.05) is 49.7 Å². The van der Waals surface area contributed by atoms with E-state index in [1.54, 1.807) is 12.1 Å². The molecule has 170 valence electrons. The normalized spacial score (nSPS) is 31.5. The van der Waals surface area contributed by atoms with Gasteiger partial charge in [0.2, 0.25) is 5.91 Å². The van der Waals surface area contributed by atoms with Crippen LogP contribution >= 0.6 is 0 Å². The van der Waals surface area contributed by atoms with E-state index in [0.717, 1.165) is 64.3 Å². The van der Waals surface area contributed by atoms with Gasteiger partial charge < -0.3 is 20.3 Å². The SMILES string of the molecule is N#C[C@H](Cc1ccc(N2CC3(C2)CN(C2COC2)C3)cc1F)NC(=O)[C@H]1NC2CCC1C2. The molecule has 2 unspecified atom stereocenters. The highest BCUT2D eigenvalue weighted by molar-refractivity contribution is 5.83. The summed E-state index contributed by atoms with van der Waals surface area (Å²) in [5, 5.41) is 15.7. The molecule has 4 atom stereocenters. The monoisotopic (exact) mass is 439 g/mol. The number of hydrogen-bond acceptors (Lipinski definition) is 6. The van der Waals surface area contributed by atoms with Crippen molar-refractivity contribution in [3.63, 3.8) is 0 Å². The largest absolute Gasteiger partial charge is 0.378 e. The quantitative estimate of drug-likeness (QED) is 0.690. The maximum atomic E-state index is 14.9. The Bertz CT molecular complexity index is 946. The van der Waals surface area contributed by atoms with E-state index in [-0.39, 0.29) is 24.2 Å². The van der Waals surface area contributed by atoms with Crippen LogP contribution in [0.3, 0.4) is 0 Å². The Morgan fingerprint density at radius 3 is 2.72 bits per heavy atom. The lowest BCUT2D eigenvalue weighted by Crippen LogP contribution is -2.75. The second kappa shape index (κ2) is 7.68. The summed E-state index contributed by atoms with van der Waals surface area (Å²) in [5.41, 5.74) is 1.72. The first-order valence-corrected chi connectivity index (χ1v) is 11.8. The van der Waals surface area contributed by atoms with Crippen LogP contribution in [0.4, 0.5) is 10.1 Å². The van der Waals surface area contributed by atoms with Crippen molar-refractivity contribution in [1.82, 2.24) is 15.5 Å². The maximum Gasteiger partial charge on any atom is 0.238 e. The number of carbonyl (C=O) groups is 1. The Labute approximate surface area is 187 Å². The summed E-state index contributed by atoms with van der Waals surface area (Å²) >= 11 is 0. The Kier molecular flexibility index (Phi) is 4.90. The summed E-state index contributed by atoms with van der Waals surface area (Å²) in [6.07, 6.45) is 3.40. The molecule has 1 aromatic rings. The number of piperidine rings is 1. The number of hydrogen-bond donors (Lipinski definition) is 2. The molecular formula is C24H30FN5O2. The van der Waals surface area contributed by atoms with E-state index in [9.17, 15) is 14.4 Å². The van der Waals surface area contributed by atoms with Crippen molar-refractivity contribution >= 4 is 11.6 Å². The first-order valence-electron chi connectivity index (χ1n) is 11.8. The fraction of sp³-hybridized carbons (Fsp3) is 0.667. The number of benzene rings is 1. The van der Waals surface area contributed by atoms with Crippen LogP contribution in [-0.2, 0) is 16.0 Å². The van der Waals surface area contributed by atoms with Crippen molar-refractivity contribution in [3.8, 4) is 6.07 Å². The van der Waals surface area contributed by atoms with Crippen LogP contribution in [0.15, 0.2) is 18.2 Å². The number of halogens is 1. The van der Waals surface area contributed by atoms with Crippen LogP contribution in [0, 0.1) is 28.5 Å². The molecule has 1 saturated carbocycles. The first-order chi connectivity index (χ1) is 15.5. The standard InChI is InChI=1S/C24H30FN5O2/c25-21-7-19(29-11-24(12-29)13-30(14-24)20-9-32-10-20)4-2-15(21)5-18(8-26)28-23(31)22-16-1-3-17(6-16)27-22/h2,4,7,16-18,20,22,27H,1,3,5-6,9-14H2,(H,28,31)/t16?,17?,18-,22-/m0/s1. The Balaban J connectivity index is 1.03. The predicted octanol–water partition coefficient (Wildman–Crippen LogP) is 1.04. The van der Waals surface area contributed by atoms with Crippen molar-refractivity contribution in [1.29, 1.82) is 5.26 Å². The van der Waals surface area contributed by atoms with Crippen molar-refractivity contribution in [2.75, 3.05) is 44.3 Å². The molecule has 32 heavy (non-hydrogen) atoms. The van der Waals surface area contributed by atoms with Gasteiger partial charge in [-0.2, -0.15) is 5.26 Å². The molecule has 1 amide bonds. The molecule has 8 heteroatoms. The van der Waals surface area contributed by atoms with Crippen molar-refractivity contribution in [2.24, 2.45) is 11.3 Å². The second-order valence-electron chi connectivity index (χ2n) is 10.5. The zero-order valence-corrected chi connectivity index (χ0v) is 18.2. The van der Waals surface area contributed by atoms with Crippen LogP contribution in [-0.4, -0.2) is 74.4 Å². The fourth-order valence-electron chi connectivity index (χ4n) is 6.31. The fourth-order valence-corrected chi connectivity index (χ4v) is 6.31. The molecule has 5 fully saturated rings. The number of nitrogens with one attached hydrogen (secondary N) is 2. The van der Waals surface area contributed by atoms with Gasteiger partial charge in [0.25, 0.3) is 0 Å². The van der Waals surface area contributed by atoms with Gasteiger partial charge in [-0.15, -0.1) is 0 Å². The molecule has 4 saturated heterocycles. The van der Waals surface area contributed by atoms with E-state index < -0.39 is 6.04 Å². The average molecular weight is 440 g/mol. The van der Waals surface area contributed by atoms with Crippen LogP contribution in [0.5, 0.6) is 0 Å². The minimum atomic E-state index is -0.729. The van der Waals surface area contributed by atoms with Gasteiger partial charge in [0.05, 0.1) is 31.4 Å². The number of likely N-dealkylation sites (tertiary alicyclic amines) is 1. The number of fused-ring (bicyclic) bond motifs is 2. The Hall–Kier alpha value is -2.21. The number of nitriles is 1. The van der Waals surface area contributed by atoms with Gasteiger partial charge in [0.1, 0.15) is 11.9 Å². The Morgan fingerprint density at radius 1 is 1.31 bits per heavy atom. The van der Waals surface area contributed by atoms with Crippen LogP contribution < -0.4 is 15.5 Å². The van der Waals surface area contributed by atoms with E-state index in [4.69, 9.17) is 4.74 Å². The zero-order chi connectivity index (χ0) is 21.9. The van der Waals surface area contributed by atoms with Gasteiger partial charge in [0.15, 0.2) is 0 Å². The lowest BCUT2D eigenvalue weighted by atomic mass is 9.71. The minimum absolute atomic E-state index is 0.130. The summed E-state index contributed by atoms with van der Waals surface area (Å²) in [6, 6.07) is 7.50. The minimum Gasteiger partial charge on any atom is -0.378 e. The molecule has 1 spiro atoms. The molecule has 1 aliphatic carbocycles. The molecular weight excluding hydrogens is 409 g/mol. The maximum absolute atomic E-state index is 14.9. The van der Waals surface area contributed by atoms with Gasteiger partial charge in [-0.05, 0) is 42.9 Å². The topological polar surface area (TPSA) is 80.6 Å². The van der Waals surface area contributed by atoms with Gasteiger partial charge in [-0.25, -0.2) is 4.39 Å². The van der Waals surface area contributed by atoms with Crippen LogP contribution in [0.2, 0.25) is 0 Å². The molecule has 6 rings (SSSR count). The average Bonchev–Trinajstić information content (AvgIpc) is 3.31.